The van der Waals surface area contributed by atoms with Crippen LogP contribution in [0.4, 0.5) is 4.79 Å². The molecule has 2 heterocycles. The second-order valence-corrected chi connectivity index (χ2v) is 5.11. The maximum atomic E-state index is 11.7. The summed E-state index contributed by atoms with van der Waals surface area (Å²) in [4.78, 5) is 21.5. The number of hydrogen-bond acceptors (Lipinski definition) is 4. The Kier molecular flexibility index (Phi) is 2.17. The molecule has 1 aromatic heterocycles. The van der Waals surface area contributed by atoms with Gasteiger partial charge in [0.2, 0.25) is 0 Å². The quantitative estimate of drug-likeness (QED) is 0.862. The standard InChI is InChI=1S/C10H12N4OS/c11-8-7(9-12-3-4-16-9)14(10(15)13-8)5-6-1-2-6/h3-4,6-7H,1-2,5H2,(H2,11,13,15). The van der Waals surface area contributed by atoms with Crippen molar-refractivity contribution in [2.75, 3.05) is 6.54 Å². The number of thiazole rings is 1. The van der Waals surface area contributed by atoms with Gasteiger partial charge in [0.1, 0.15) is 16.9 Å². The lowest BCUT2D eigenvalue weighted by molar-refractivity contribution is 0.203. The third-order valence-corrected chi connectivity index (χ3v) is 3.73. The molecule has 2 amide bonds. The summed E-state index contributed by atoms with van der Waals surface area (Å²) in [6.45, 7) is 0.757. The average molecular weight is 236 g/mol. The van der Waals surface area contributed by atoms with Gasteiger partial charge in [-0.05, 0) is 18.8 Å². The van der Waals surface area contributed by atoms with Crippen LogP contribution in [0.25, 0.3) is 0 Å². The van der Waals surface area contributed by atoms with E-state index in [0.717, 1.165) is 11.6 Å². The minimum Gasteiger partial charge on any atom is -0.385 e. The van der Waals surface area contributed by atoms with E-state index in [1.807, 2.05) is 5.38 Å². The molecule has 1 aliphatic heterocycles. The molecule has 0 radical (unpaired) electrons. The fraction of sp³-hybridized carbons (Fsp3) is 0.500. The van der Waals surface area contributed by atoms with E-state index in [-0.39, 0.29) is 12.1 Å². The lowest BCUT2D eigenvalue weighted by Gasteiger charge is -2.22. The Morgan fingerprint density at radius 3 is 3.00 bits per heavy atom. The second-order valence-electron chi connectivity index (χ2n) is 4.19. The third kappa shape index (κ3) is 1.59. The van der Waals surface area contributed by atoms with Gasteiger partial charge >= 0.3 is 6.03 Å². The first-order valence-corrected chi connectivity index (χ1v) is 6.17. The zero-order valence-electron chi connectivity index (χ0n) is 8.67. The summed E-state index contributed by atoms with van der Waals surface area (Å²) in [5, 5.41) is 2.74. The van der Waals surface area contributed by atoms with Crippen molar-refractivity contribution in [2.24, 2.45) is 16.6 Å². The molecule has 2 aliphatic rings. The largest absolute Gasteiger partial charge is 0.385 e. The normalized spacial score (nSPS) is 25.0. The van der Waals surface area contributed by atoms with Crippen LogP contribution in [0.2, 0.25) is 0 Å². The van der Waals surface area contributed by atoms with E-state index >= 15 is 0 Å². The smallest absolute Gasteiger partial charge is 0.346 e. The van der Waals surface area contributed by atoms with Gasteiger partial charge in [0.05, 0.1) is 0 Å². The van der Waals surface area contributed by atoms with Crippen LogP contribution in [-0.2, 0) is 0 Å². The lowest BCUT2D eigenvalue weighted by Crippen LogP contribution is -2.34. The highest BCUT2D eigenvalue weighted by atomic mass is 32.1. The minimum atomic E-state index is -0.229. The third-order valence-electron chi connectivity index (χ3n) is 2.90. The van der Waals surface area contributed by atoms with Crippen molar-refractivity contribution in [3.63, 3.8) is 0 Å². The van der Waals surface area contributed by atoms with Crippen molar-refractivity contribution in [3.8, 4) is 0 Å². The Labute approximate surface area is 97.0 Å². The van der Waals surface area contributed by atoms with E-state index in [1.54, 1.807) is 11.1 Å². The highest BCUT2D eigenvalue weighted by Gasteiger charge is 2.39. The van der Waals surface area contributed by atoms with Crippen LogP contribution in [0.3, 0.4) is 0 Å². The molecule has 5 nitrogen and oxygen atoms in total. The molecule has 16 heavy (non-hydrogen) atoms. The molecule has 0 saturated heterocycles. The van der Waals surface area contributed by atoms with Gasteiger partial charge in [-0.25, -0.2) is 9.78 Å². The molecule has 1 saturated carbocycles. The minimum absolute atomic E-state index is 0.218. The summed E-state index contributed by atoms with van der Waals surface area (Å²) < 4.78 is 0. The number of carbonyl (C=O) groups is 1. The van der Waals surface area contributed by atoms with Crippen LogP contribution in [0, 0.1) is 5.92 Å². The molecular formula is C10H12N4OS. The van der Waals surface area contributed by atoms with Crippen LogP contribution >= 0.6 is 11.3 Å². The number of hydrogen-bond donors (Lipinski definition) is 1. The first-order chi connectivity index (χ1) is 7.75. The fourth-order valence-corrected chi connectivity index (χ4v) is 2.66. The van der Waals surface area contributed by atoms with Gasteiger partial charge < -0.3 is 10.6 Å². The van der Waals surface area contributed by atoms with Crippen LogP contribution in [0.1, 0.15) is 23.9 Å². The number of carbonyl (C=O) groups excluding carboxylic acids is 1. The van der Waals surface area contributed by atoms with Crippen LogP contribution in [0.5, 0.6) is 0 Å². The summed E-state index contributed by atoms with van der Waals surface area (Å²) in [6.07, 6.45) is 4.13. The molecule has 0 bridgehead atoms. The maximum Gasteiger partial charge on any atom is 0.346 e. The van der Waals surface area contributed by atoms with E-state index in [4.69, 9.17) is 5.73 Å². The molecule has 1 fully saturated rings. The number of amides is 2. The molecule has 2 N–H and O–H groups in total. The van der Waals surface area contributed by atoms with Crippen molar-refractivity contribution < 1.29 is 4.79 Å². The molecule has 3 rings (SSSR count). The van der Waals surface area contributed by atoms with E-state index < -0.39 is 0 Å². The van der Waals surface area contributed by atoms with E-state index in [9.17, 15) is 4.79 Å². The molecule has 6 heteroatoms. The first kappa shape index (κ1) is 9.77. The van der Waals surface area contributed by atoms with Gasteiger partial charge in [0, 0.05) is 18.1 Å². The van der Waals surface area contributed by atoms with E-state index in [2.05, 4.69) is 9.98 Å². The van der Waals surface area contributed by atoms with Crippen LogP contribution < -0.4 is 5.73 Å². The van der Waals surface area contributed by atoms with Crippen molar-refractivity contribution in [1.29, 1.82) is 0 Å². The average Bonchev–Trinajstić information content (AvgIpc) is 2.81. The highest BCUT2D eigenvalue weighted by Crippen LogP contribution is 2.35. The van der Waals surface area contributed by atoms with Gasteiger partial charge in [-0.2, -0.15) is 4.99 Å². The predicted octanol–water partition coefficient (Wildman–Crippen LogP) is 1.39. The summed E-state index contributed by atoms with van der Waals surface area (Å²) >= 11 is 1.51. The Hall–Kier alpha value is -1.43. The topological polar surface area (TPSA) is 71.6 Å². The zero-order valence-corrected chi connectivity index (χ0v) is 9.48. The molecule has 0 spiro atoms. The monoisotopic (exact) mass is 236 g/mol. The molecular weight excluding hydrogens is 224 g/mol. The SMILES string of the molecule is NC1=NC(=O)N(CC2CC2)C1c1nccs1. The Balaban J connectivity index is 1.87. The molecule has 1 aromatic rings. The van der Waals surface area contributed by atoms with E-state index in [1.165, 1.54) is 24.2 Å². The summed E-state index contributed by atoms with van der Waals surface area (Å²) in [5.74, 6) is 1.01. The first-order valence-electron chi connectivity index (χ1n) is 5.30. The van der Waals surface area contributed by atoms with Gasteiger partial charge in [-0.3, -0.25) is 0 Å². The van der Waals surface area contributed by atoms with Crippen molar-refractivity contribution in [2.45, 2.75) is 18.9 Å². The fourth-order valence-electron chi connectivity index (χ4n) is 1.90. The summed E-state index contributed by atoms with van der Waals surface area (Å²) in [6, 6.07) is -0.447. The predicted molar refractivity (Wildman–Crippen MR) is 61.3 cm³/mol. The van der Waals surface area contributed by atoms with Crippen molar-refractivity contribution in [1.82, 2.24) is 9.88 Å². The van der Waals surface area contributed by atoms with Crippen molar-refractivity contribution >= 4 is 23.2 Å². The summed E-state index contributed by atoms with van der Waals surface area (Å²) in [7, 11) is 0. The van der Waals surface area contributed by atoms with Gasteiger partial charge in [-0.15, -0.1) is 11.3 Å². The highest BCUT2D eigenvalue weighted by molar-refractivity contribution is 7.09. The zero-order chi connectivity index (χ0) is 11.1. The number of nitrogens with zero attached hydrogens (tertiary/aromatic N) is 3. The Bertz CT molecular complexity index is 438. The lowest BCUT2D eigenvalue weighted by atomic mass is 10.2. The summed E-state index contributed by atoms with van der Waals surface area (Å²) in [5.41, 5.74) is 5.80. The Morgan fingerprint density at radius 2 is 2.38 bits per heavy atom. The van der Waals surface area contributed by atoms with Gasteiger partial charge in [0.15, 0.2) is 0 Å². The number of aromatic nitrogens is 1. The number of nitrogens with two attached hydrogens (primary N) is 1. The molecule has 1 unspecified atom stereocenters. The van der Waals surface area contributed by atoms with Crippen molar-refractivity contribution in [3.05, 3.63) is 16.6 Å². The van der Waals surface area contributed by atoms with Crippen LogP contribution in [0.15, 0.2) is 16.6 Å². The van der Waals surface area contributed by atoms with Crippen LogP contribution in [-0.4, -0.2) is 28.3 Å². The molecule has 1 aliphatic carbocycles. The number of amidine groups is 1. The number of urea groups is 1. The second kappa shape index (κ2) is 3.55. The van der Waals surface area contributed by atoms with E-state index in [0.29, 0.717) is 11.8 Å². The maximum absolute atomic E-state index is 11.7. The number of rotatable bonds is 3. The van der Waals surface area contributed by atoms with Gasteiger partial charge in [-0.1, -0.05) is 0 Å². The molecule has 84 valence electrons. The number of aliphatic imine (C=N–C) groups is 1. The Morgan fingerprint density at radius 1 is 1.56 bits per heavy atom. The van der Waals surface area contributed by atoms with Gasteiger partial charge in [0.25, 0.3) is 0 Å². The molecule has 0 aromatic carbocycles. The molecule has 1 atom stereocenters.